The van der Waals surface area contributed by atoms with Gasteiger partial charge >= 0.3 is 0 Å². The number of hydrogen-bond donors (Lipinski definition) is 2. The van der Waals surface area contributed by atoms with Crippen molar-refractivity contribution in [1.82, 2.24) is 15.2 Å². The Morgan fingerprint density at radius 2 is 1.86 bits per heavy atom. The molecule has 6 rings (SSSR count). The van der Waals surface area contributed by atoms with Gasteiger partial charge < -0.3 is 15.3 Å². The van der Waals surface area contributed by atoms with Crippen LogP contribution in [0.4, 0.5) is 0 Å². The maximum Gasteiger partial charge on any atom is 0.228 e. The molecule has 3 heterocycles. The highest BCUT2D eigenvalue weighted by molar-refractivity contribution is 6.29. The number of aliphatic hydroxyl groups is 1. The number of halogens is 1. The largest absolute Gasteiger partial charge is 0.387 e. The number of benzene rings is 1. The van der Waals surface area contributed by atoms with E-state index < -0.39 is 6.10 Å². The SMILES string of the molecule is O=C(C1CNCC12CCC(O)c1nc(Cl)ccc12)N1CCC(c2ccccc2)CC1C1CCCCC1. The predicted octanol–water partition coefficient (Wildman–Crippen LogP) is 5.37. The van der Waals surface area contributed by atoms with E-state index in [2.05, 4.69) is 45.5 Å². The average Bonchev–Trinajstić information content (AvgIpc) is 3.35. The summed E-state index contributed by atoms with van der Waals surface area (Å²) in [5, 5.41) is 14.7. The summed E-state index contributed by atoms with van der Waals surface area (Å²) in [6.45, 7) is 2.27. The average molecular weight is 508 g/mol. The van der Waals surface area contributed by atoms with Gasteiger partial charge in [-0.25, -0.2) is 4.98 Å². The monoisotopic (exact) mass is 507 g/mol. The second-order valence-electron chi connectivity index (χ2n) is 11.6. The maximum atomic E-state index is 14.5. The minimum atomic E-state index is -0.614. The Bertz CT molecular complexity index is 1090. The number of carbonyl (C=O) groups is 1. The van der Waals surface area contributed by atoms with Gasteiger partial charge in [0.25, 0.3) is 0 Å². The smallest absolute Gasteiger partial charge is 0.228 e. The van der Waals surface area contributed by atoms with Gasteiger partial charge in [0.15, 0.2) is 0 Å². The van der Waals surface area contributed by atoms with Crippen LogP contribution in [-0.2, 0) is 10.2 Å². The lowest BCUT2D eigenvalue weighted by molar-refractivity contribution is -0.143. The van der Waals surface area contributed by atoms with Gasteiger partial charge in [-0.2, -0.15) is 0 Å². The van der Waals surface area contributed by atoms with Crippen LogP contribution in [0.5, 0.6) is 0 Å². The number of aromatic nitrogens is 1. The molecule has 192 valence electrons. The highest BCUT2D eigenvalue weighted by Gasteiger charge is 2.54. The number of hydrogen-bond acceptors (Lipinski definition) is 4. The molecule has 4 aliphatic rings. The van der Waals surface area contributed by atoms with Crippen LogP contribution in [0.15, 0.2) is 42.5 Å². The normalized spacial score (nSPS) is 33.0. The van der Waals surface area contributed by atoms with Crippen molar-refractivity contribution >= 4 is 17.5 Å². The van der Waals surface area contributed by atoms with Crippen LogP contribution in [0.25, 0.3) is 0 Å². The molecule has 0 bridgehead atoms. The summed E-state index contributed by atoms with van der Waals surface area (Å²) < 4.78 is 0. The van der Waals surface area contributed by atoms with Gasteiger partial charge in [0, 0.05) is 31.1 Å². The molecule has 2 aliphatic carbocycles. The Labute approximate surface area is 219 Å². The van der Waals surface area contributed by atoms with Crippen molar-refractivity contribution in [3.05, 3.63) is 64.4 Å². The second-order valence-corrected chi connectivity index (χ2v) is 12.0. The fourth-order valence-electron chi connectivity index (χ4n) is 7.88. The van der Waals surface area contributed by atoms with Crippen LogP contribution in [0.3, 0.4) is 0 Å². The summed E-state index contributed by atoms with van der Waals surface area (Å²) in [6.07, 6.45) is 9.26. The molecule has 1 amide bonds. The predicted molar refractivity (Wildman–Crippen MR) is 142 cm³/mol. The second kappa shape index (κ2) is 10.1. The maximum absolute atomic E-state index is 14.5. The topological polar surface area (TPSA) is 65.5 Å². The van der Waals surface area contributed by atoms with E-state index in [1.165, 1.54) is 37.7 Å². The van der Waals surface area contributed by atoms with Crippen LogP contribution in [-0.4, -0.2) is 46.6 Å². The molecule has 0 radical (unpaired) electrons. The van der Waals surface area contributed by atoms with Gasteiger partial charge in [0.2, 0.25) is 5.91 Å². The van der Waals surface area contributed by atoms with Crippen molar-refractivity contribution in [2.45, 2.75) is 81.3 Å². The van der Waals surface area contributed by atoms with Crippen molar-refractivity contribution in [3.63, 3.8) is 0 Å². The molecule has 1 saturated carbocycles. The van der Waals surface area contributed by atoms with Crippen LogP contribution in [0, 0.1) is 11.8 Å². The van der Waals surface area contributed by atoms with Crippen LogP contribution >= 0.6 is 11.6 Å². The Hall–Kier alpha value is -1.95. The molecule has 2 aliphatic heterocycles. The molecule has 3 fully saturated rings. The van der Waals surface area contributed by atoms with Gasteiger partial charge in [-0.3, -0.25) is 4.79 Å². The molecule has 6 heteroatoms. The van der Waals surface area contributed by atoms with E-state index in [1.807, 2.05) is 12.1 Å². The molecule has 36 heavy (non-hydrogen) atoms. The molecular weight excluding hydrogens is 470 g/mol. The van der Waals surface area contributed by atoms with E-state index in [9.17, 15) is 9.90 Å². The summed E-state index contributed by atoms with van der Waals surface area (Å²) in [4.78, 5) is 21.3. The summed E-state index contributed by atoms with van der Waals surface area (Å²) in [6, 6.07) is 15.0. The van der Waals surface area contributed by atoms with E-state index in [-0.39, 0.29) is 11.3 Å². The number of rotatable bonds is 3. The molecule has 2 aromatic rings. The number of likely N-dealkylation sites (tertiary alicyclic amines) is 1. The summed E-state index contributed by atoms with van der Waals surface area (Å²) in [5.74, 6) is 1.29. The van der Waals surface area contributed by atoms with Gasteiger partial charge in [-0.15, -0.1) is 0 Å². The van der Waals surface area contributed by atoms with Gasteiger partial charge in [-0.05, 0) is 67.6 Å². The zero-order valence-corrected chi connectivity index (χ0v) is 21.8. The number of fused-ring (bicyclic) bond motifs is 2. The molecule has 2 N–H and O–H groups in total. The van der Waals surface area contributed by atoms with Crippen molar-refractivity contribution in [2.24, 2.45) is 11.8 Å². The number of nitrogens with one attached hydrogen (secondary N) is 1. The van der Waals surface area contributed by atoms with Crippen LogP contribution in [0.2, 0.25) is 5.15 Å². The Kier molecular flexibility index (Phi) is 6.83. The van der Waals surface area contributed by atoms with E-state index in [1.54, 1.807) is 0 Å². The first-order chi connectivity index (χ1) is 17.6. The number of pyridine rings is 1. The van der Waals surface area contributed by atoms with E-state index in [0.717, 1.165) is 37.9 Å². The van der Waals surface area contributed by atoms with Crippen LogP contribution in [0.1, 0.15) is 86.6 Å². The zero-order chi connectivity index (χ0) is 24.7. The fourth-order valence-corrected chi connectivity index (χ4v) is 8.04. The first kappa shape index (κ1) is 24.4. The minimum absolute atomic E-state index is 0.133. The van der Waals surface area contributed by atoms with Crippen molar-refractivity contribution < 1.29 is 9.90 Å². The Morgan fingerprint density at radius 1 is 1.06 bits per heavy atom. The van der Waals surface area contributed by atoms with Crippen molar-refractivity contribution in [2.75, 3.05) is 19.6 Å². The molecule has 5 unspecified atom stereocenters. The molecule has 1 spiro atoms. The third kappa shape index (κ3) is 4.27. The van der Waals surface area contributed by atoms with Gasteiger partial charge in [-0.1, -0.05) is 67.3 Å². The Balaban J connectivity index is 1.31. The highest BCUT2D eigenvalue weighted by atomic mass is 35.5. The number of amides is 1. The van der Waals surface area contributed by atoms with Gasteiger partial charge in [0.1, 0.15) is 5.15 Å². The molecule has 5 nitrogen and oxygen atoms in total. The first-order valence-corrected chi connectivity index (χ1v) is 14.4. The van der Waals surface area contributed by atoms with E-state index in [4.69, 9.17) is 11.6 Å². The van der Waals surface area contributed by atoms with E-state index >= 15 is 0 Å². The molecule has 2 saturated heterocycles. The third-order valence-corrected chi connectivity index (χ3v) is 9.96. The summed E-state index contributed by atoms with van der Waals surface area (Å²) >= 11 is 6.21. The minimum Gasteiger partial charge on any atom is -0.387 e. The zero-order valence-electron chi connectivity index (χ0n) is 21.0. The number of carbonyl (C=O) groups excluding carboxylic acids is 1. The highest BCUT2D eigenvalue weighted by Crippen LogP contribution is 2.49. The summed E-state index contributed by atoms with van der Waals surface area (Å²) in [7, 11) is 0. The molecule has 1 aromatic heterocycles. The first-order valence-electron chi connectivity index (χ1n) is 14.0. The molecular formula is C30H38ClN3O2. The standard InChI is InChI=1S/C30H38ClN3O2/c31-27-12-11-23-28(33-27)26(35)13-15-30(23)19-32-18-24(30)29(36)34-16-14-22(20-7-3-1-4-8-20)17-25(34)21-9-5-2-6-10-21/h1,3-4,7-8,11-12,21-22,24-26,32,35H,2,5-6,9-10,13-19H2. The lowest BCUT2D eigenvalue weighted by Gasteiger charge is -2.48. The Morgan fingerprint density at radius 3 is 2.67 bits per heavy atom. The molecule has 1 aromatic carbocycles. The van der Waals surface area contributed by atoms with Crippen molar-refractivity contribution in [3.8, 4) is 0 Å². The summed E-state index contributed by atoms with van der Waals surface area (Å²) in [5.41, 5.74) is 2.78. The number of nitrogens with zero attached hydrogens (tertiary/aromatic N) is 2. The van der Waals surface area contributed by atoms with Crippen molar-refractivity contribution in [1.29, 1.82) is 0 Å². The number of aliphatic hydroxyl groups excluding tert-OH is 1. The lowest BCUT2D eigenvalue weighted by Crippen LogP contribution is -2.55. The third-order valence-electron chi connectivity index (χ3n) is 9.75. The molecule has 5 atom stereocenters. The van der Waals surface area contributed by atoms with Crippen LogP contribution < -0.4 is 5.32 Å². The fraction of sp³-hybridized carbons (Fsp3) is 0.600. The number of piperidine rings is 1. The van der Waals surface area contributed by atoms with Gasteiger partial charge in [0.05, 0.1) is 17.7 Å². The van der Waals surface area contributed by atoms with E-state index in [0.29, 0.717) is 47.6 Å². The lowest BCUT2D eigenvalue weighted by atomic mass is 9.64. The quantitative estimate of drug-likeness (QED) is 0.548.